The highest BCUT2D eigenvalue weighted by Gasteiger charge is 2.33. The van der Waals surface area contributed by atoms with Crippen LogP contribution in [-0.4, -0.2) is 28.6 Å². The minimum absolute atomic E-state index is 0.148. The Hall–Kier alpha value is -0.940. The SMILES string of the molecule is CC1CCCN(Cc2ccc(F)c(Br)c2)C1C(=O)O. The van der Waals surface area contributed by atoms with E-state index in [0.29, 0.717) is 11.0 Å². The van der Waals surface area contributed by atoms with Gasteiger partial charge in [-0.3, -0.25) is 9.69 Å². The predicted octanol–water partition coefficient (Wildman–Crippen LogP) is 3.27. The summed E-state index contributed by atoms with van der Waals surface area (Å²) in [6.45, 7) is 3.29. The van der Waals surface area contributed by atoms with E-state index in [2.05, 4.69) is 15.9 Å². The molecule has 104 valence electrons. The molecule has 1 aromatic rings. The lowest BCUT2D eigenvalue weighted by Gasteiger charge is -2.37. The number of nitrogens with zero attached hydrogens (tertiary/aromatic N) is 1. The Labute approximate surface area is 120 Å². The van der Waals surface area contributed by atoms with Crippen molar-refractivity contribution in [3.63, 3.8) is 0 Å². The van der Waals surface area contributed by atoms with E-state index in [4.69, 9.17) is 0 Å². The van der Waals surface area contributed by atoms with Crippen LogP contribution in [0.4, 0.5) is 4.39 Å². The molecule has 2 rings (SSSR count). The van der Waals surface area contributed by atoms with Gasteiger partial charge in [0.05, 0.1) is 4.47 Å². The molecule has 0 saturated carbocycles. The van der Waals surface area contributed by atoms with Crippen LogP contribution >= 0.6 is 15.9 Å². The highest BCUT2D eigenvalue weighted by molar-refractivity contribution is 9.10. The van der Waals surface area contributed by atoms with Gasteiger partial charge in [-0.05, 0) is 58.9 Å². The van der Waals surface area contributed by atoms with E-state index < -0.39 is 12.0 Å². The van der Waals surface area contributed by atoms with Gasteiger partial charge in [0.2, 0.25) is 0 Å². The van der Waals surface area contributed by atoms with E-state index in [-0.39, 0.29) is 11.7 Å². The second kappa shape index (κ2) is 6.01. The van der Waals surface area contributed by atoms with Gasteiger partial charge in [-0.25, -0.2) is 4.39 Å². The smallest absolute Gasteiger partial charge is 0.321 e. The number of rotatable bonds is 3. The van der Waals surface area contributed by atoms with Crippen molar-refractivity contribution < 1.29 is 14.3 Å². The van der Waals surface area contributed by atoms with E-state index in [1.54, 1.807) is 12.1 Å². The number of hydrogen-bond acceptors (Lipinski definition) is 2. The maximum absolute atomic E-state index is 13.2. The fourth-order valence-electron chi connectivity index (χ4n) is 2.72. The first kappa shape index (κ1) is 14.5. The maximum atomic E-state index is 13.2. The Morgan fingerprint density at radius 1 is 1.58 bits per heavy atom. The summed E-state index contributed by atoms with van der Waals surface area (Å²) in [5.41, 5.74) is 0.925. The van der Waals surface area contributed by atoms with Crippen molar-refractivity contribution in [1.29, 1.82) is 0 Å². The Morgan fingerprint density at radius 2 is 2.32 bits per heavy atom. The Morgan fingerprint density at radius 3 is 2.95 bits per heavy atom. The third-order valence-electron chi connectivity index (χ3n) is 3.66. The minimum Gasteiger partial charge on any atom is -0.480 e. The van der Waals surface area contributed by atoms with Crippen molar-refractivity contribution in [3.8, 4) is 0 Å². The third-order valence-corrected chi connectivity index (χ3v) is 4.27. The maximum Gasteiger partial charge on any atom is 0.321 e. The molecule has 1 aliphatic heterocycles. The first-order valence-corrected chi connectivity index (χ1v) is 7.19. The van der Waals surface area contributed by atoms with Crippen LogP contribution in [0.15, 0.2) is 22.7 Å². The molecular formula is C14H17BrFNO2. The summed E-state index contributed by atoms with van der Waals surface area (Å²) < 4.78 is 13.6. The molecule has 0 spiro atoms. The summed E-state index contributed by atoms with van der Waals surface area (Å²) in [6.07, 6.45) is 1.95. The third kappa shape index (κ3) is 3.34. The molecule has 1 aromatic carbocycles. The zero-order valence-corrected chi connectivity index (χ0v) is 12.4. The van der Waals surface area contributed by atoms with Crippen LogP contribution < -0.4 is 0 Å². The summed E-state index contributed by atoms with van der Waals surface area (Å²) in [6, 6.07) is 4.38. The molecule has 1 N–H and O–H groups in total. The van der Waals surface area contributed by atoms with Crippen LogP contribution in [0.2, 0.25) is 0 Å². The van der Waals surface area contributed by atoms with Crippen molar-refractivity contribution in [2.45, 2.75) is 32.4 Å². The van der Waals surface area contributed by atoms with Gasteiger partial charge in [0.15, 0.2) is 0 Å². The fourth-order valence-corrected chi connectivity index (χ4v) is 3.15. The number of carboxylic acids is 1. The molecule has 2 atom stereocenters. The van der Waals surface area contributed by atoms with Crippen LogP contribution in [0, 0.1) is 11.7 Å². The fraction of sp³-hybridized carbons (Fsp3) is 0.500. The Balaban J connectivity index is 2.15. The van der Waals surface area contributed by atoms with Crippen LogP contribution in [-0.2, 0) is 11.3 Å². The van der Waals surface area contributed by atoms with E-state index >= 15 is 0 Å². The lowest BCUT2D eigenvalue weighted by atomic mass is 9.90. The average Bonchev–Trinajstić information content (AvgIpc) is 2.33. The summed E-state index contributed by atoms with van der Waals surface area (Å²) >= 11 is 3.16. The number of hydrogen-bond donors (Lipinski definition) is 1. The molecule has 1 saturated heterocycles. The van der Waals surface area contributed by atoms with Crippen LogP contribution in [0.5, 0.6) is 0 Å². The van der Waals surface area contributed by atoms with E-state index in [1.807, 2.05) is 11.8 Å². The number of piperidine rings is 1. The van der Waals surface area contributed by atoms with Gasteiger partial charge >= 0.3 is 5.97 Å². The van der Waals surface area contributed by atoms with E-state index in [0.717, 1.165) is 24.9 Å². The molecule has 3 nitrogen and oxygen atoms in total. The zero-order chi connectivity index (χ0) is 14.0. The first-order chi connectivity index (χ1) is 8.99. The number of benzene rings is 1. The van der Waals surface area contributed by atoms with Crippen molar-refractivity contribution in [2.75, 3.05) is 6.54 Å². The molecule has 1 fully saturated rings. The monoisotopic (exact) mass is 329 g/mol. The molecular weight excluding hydrogens is 313 g/mol. The van der Waals surface area contributed by atoms with Gasteiger partial charge in [-0.1, -0.05) is 13.0 Å². The van der Waals surface area contributed by atoms with Crippen molar-refractivity contribution in [1.82, 2.24) is 4.90 Å². The molecule has 1 heterocycles. The summed E-state index contributed by atoms with van der Waals surface area (Å²) in [7, 11) is 0. The van der Waals surface area contributed by atoms with Gasteiger partial charge in [-0.2, -0.15) is 0 Å². The lowest BCUT2D eigenvalue weighted by molar-refractivity contribution is -0.147. The highest BCUT2D eigenvalue weighted by Crippen LogP contribution is 2.26. The topological polar surface area (TPSA) is 40.5 Å². The molecule has 0 amide bonds. The van der Waals surface area contributed by atoms with Crippen LogP contribution in [0.25, 0.3) is 0 Å². The number of aliphatic carboxylic acids is 1. The van der Waals surface area contributed by atoms with Crippen LogP contribution in [0.1, 0.15) is 25.3 Å². The second-order valence-corrected chi connectivity index (χ2v) is 5.98. The number of halogens is 2. The first-order valence-electron chi connectivity index (χ1n) is 6.40. The number of carbonyl (C=O) groups is 1. The molecule has 0 aromatic heterocycles. The largest absolute Gasteiger partial charge is 0.480 e. The summed E-state index contributed by atoms with van der Waals surface area (Å²) in [5.74, 6) is -0.922. The standard InChI is InChI=1S/C14H17BrFNO2/c1-9-3-2-6-17(13(9)14(18)19)8-10-4-5-12(16)11(15)7-10/h4-5,7,9,13H,2-3,6,8H2,1H3,(H,18,19). The van der Waals surface area contributed by atoms with Crippen molar-refractivity contribution in [2.24, 2.45) is 5.92 Å². The highest BCUT2D eigenvalue weighted by atomic mass is 79.9. The zero-order valence-electron chi connectivity index (χ0n) is 10.8. The molecule has 0 radical (unpaired) electrons. The normalized spacial score (nSPS) is 24.4. The van der Waals surface area contributed by atoms with E-state index in [1.165, 1.54) is 6.07 Å². The van der Waals surface area contributed by atoms with Crippen LogP contribution in [0.3, 0.4) is 0 Å². The quantitative estimate of drug-likeness (QED) is 0.925. The Kier molecular flexibility index (Phi) is 4.58. The second-order valence-electron chi connectivity index (χ2n) is 5.12. The van der Waals surface area contributed by atoms with Gasteiger partial charge in [0.1, 0.15) is 11.9 Å². The molecule has 2 unspecified atom stereocenters. The predicted molar refractivity (Wildman–Crippen MR) is 74.3 cm³/mol. The van der Waals surface area contributed by atoms with Gasteiger partial charge in [-0.15, -0.1) is 0 Å². The molecule has 19 heavy (non-hydrogen) atoms. The summed E-state index contributed by atoms with van der Waals surface area (Å²) in [4.78, 5) is 13.3. The van der Waals surface area contributed by atoms with Crippen molar-refractivity contribution >= 4 is 21.9 Å². The average molecular weight is 330 g/mol. The Bertz CT molecular complexity index is 481. The molecule has 0 bridgehead atoms. The van der Waals surface area contributed by atoms with Gasteiger partial charge in [0, 0.05) is 6.54 Å². The summed E-state index contributed by atoms with van der Waals surface area (Å²) in [5, 5.41) is 9.34. The molecule has 0 aliphatic carbocycles. The van der Waals surface area contributed by atoms with Gasteiger partial charge in [0.25, 0.3) is 0 Å². The number of carboxylic acid groups (broad SMARTS) is 1. The lowest BCUT2D eigenvalue weighted by Crippen LogP contribution is -2.48. The van der Waals surface area contributed by atoms with Crippen molar-refractivity contribution in [3.05, 3.63) is 34.1 Å². The molecule has 1 aliphatic rings. The van der Waals surface area contributed by atoms with E-state index in [9.17, 15) is 14.3 Å². The minimum atomic E-state index is -0.770. The number of likely N-dealkylation sites (tertiary alicyclic amines) is 1. The van der Waals surface area contributed by atoms with Gasteiger partial charge < -0.3 is 5.11 Å². The molecule has 5 heteroatoms.